The highest BCUT2D eigenvalue weighted by molar-refractivity contribution is 6.07. The van der Waals surface area contributed by atoms with E-state index in [-0.39, 0.29) is 26.2 Å². The second-order valence-electron chi connectivity index (χ2n) is 4.60. The molecule has 0 aliphatic carbocycles. The van der Waals surface area contributed by atoms with Gasteiger partial charge in [0.2, 0.25) is 18.2 Å². The number of piperidine rings is 1. The highest BCUT2D eigenvalue weighted by atomic mass is 16.2. The molecule has 4 amide bonds. The lowest BCUT2D eigenvalue weighted by Gasteiger charge is -2.28. The minimum atomic E-state index is -0.933. The van der Waals surface area contributed by atoms with E-state index in [0.29, 0.717) is 12.0 Å². The van der Waals surface area contributed by atoms with Crippen molar-refractivity contribution in [3.05, 3.63) is 35.4 Å². The summed E-state index contributed by atoms with van der Waals surface area (Å²) in [5.74, 6) is -1.54. The van der Waals surface area contributed by atoms with Gasteiger partial charge in [-0.1, -0.05) is 39.5 Å². The molecule has 126 valence electrons. The highest BCUT2D eigenvalue weighted by Crippen LogP contribution is 2.16. The van der Waals surface area contributed by atoms with Crippen LogP contribution in [0.1, 0.15) is 50.0 Å². The summed E-state index contributed by atoms with van der Waals surface area (Å²) in [5, 5.41) is 2.13. The zero-order valence-electron chi connectivity index (χ0n) is 13.0. The molecule has 1 aliphatic rings. The van der Waals surface area contributed by atoms with Crippen LogP contribution in [-0.4, -0.2) is 35.1 Å². The largest absolute Gasteiger partial charge is 0.295 e. The zero-order chi connectivity index (χ0) is 16.7. The van der Waals surface area contributed by atoms with E-state index in [9.17, 15) is 19.2 Å². The molecule has 23 heavy (non-hydrogen) atoms. The molecule has 0 radical (unpaired) electrons. The van der Waals surface area contributed by atoms with Crippen molar-refractivity contribution in [3.8, 4) is 0 Å². The summed E-state index contributed by atoms with van der Waals surface area (Å²) in [6.45, 7) is 5.75. The Hall–Kier alpha value is -2.50. The molecule has 1 heterocycles. The second-order valence-corrected chi connectivity index (χ2v) is 4.60. The fraction of sp³-hybridized carbons (Fsp3) is 0.412. The van der Waals surface area contributed by atoms with Crippen molar-refractivity contribution >= 4 is 24.1 Å². The van der Waals surface area contributed by atoms with Gasteiger partial charge in [-0.15, -0.1) is 0 Å². The first kappa shape index (κ1) is 20.5. The third kappa shape index (κ3) is 4.74. The molecular weight excluding hydrogens is 296 g/mol. The predicted octanol–water partition coefficient (Wildman–Crippen LogP) is 2.06. The molecule has 6 nitrogen and oxygen atoms in total. The van der Waals surface area contributed by atoms with Crippen LogP contribution in [-0.2, 0) is 14.4 Å². The van der Waals surface area contributed by atoms with Gasteiger partial charge >= 0.3 is 0 Å². The van der Waals surface area contributed by atoms with Gasteiger partial charge in [-0.2, -0.15) is 0 Å². The van der Waals surface area contributed by atoms with E-state index < -0.39 is 17.9 Å². The highest BCUT2D eigenvalue weighted by Gasteiger charge is 2.35. The number of carbonyl (C=O) groups excluding carboxylic acids is 4. The summed E-state index contributed by atoms with van der Waals surface area (Å²) >= 11 is 0. The van der Waals surface area contributed by atoms with Gasteiger partial charge in [-0.25, -0.2) is 0 Å². The molecule has 1 atom stereocenters. The van der Waals surface area contributed by atoms with Gasteiger partial charge in [0.15, 0.2) is 0 Å². The fourth-order valence-electron chi connectivity index (χ4n) is 2.16. The number of nitrogens with one attached hydrogen (secondary N) is 1. The standard InChI is InChI=1S/C14H14N2O4.C2H6.CH4/c1-9-4-2-3-5-10(9)14(20)16(8-17)11-6-7-12(18)15-13(11)19;1-2;/h2-5,8,11H,6-7H2,1H3,(H,15,18,19);1-2H3;1H4. The molecule has 1 unspecified atom stereocenters. The van der Waals surface area contributed by atoms with Gasteiger partial charge < -0.3 is 0 Å². The molecular formula is C17H24N2O4. The van der Waals surface area contributed by atoms with E-state index in [0.717, 1.165) is 10.5 Å². The Morgan fingerprint density at radius 1 is 1.26 bits per heavy atom. The summed E-state index contributed by atoms with van der Waals surface area (Å²) in [6.07, 6.45) is 0.609. The monoisotopic (exact) mass is 320 g/mol. The van der Waals surface area contributed by atoms with E-state index >= 15 is 0 Å². The summed E-state index contributed by atoms with van der Waals surface area (Å²) in [7, 11) is 0. The quantitative estimate of drug-likeness (QED) is 0.682. The molecule has 0 aromatic heterocycles. The average Bonchev–Trinajstić information content (AvgIpc) is 2.52. The predicted molar refractivity (Wildman–Crippen MR) is 87.7 cm³/mol. The topological polar surface area (TPSA) is 83.6 Å². The van der Waals surface area contributed by atoms with E-state index in [4.69, 9.17) is 0 Å². The third-order valence-electron chi connectivity index (χ3n) is 3.27. The number of nitrogens with zero attached hydrogens (tertiary/aromatic N) is 1. The summed E-state index contributed by atoms with van der Waals surface area (Å²) in [6, 6.07) is 5.88. The number of hydrogen-bond donors (Lipinski definition) is 1. The first-order valence-corrected chi connectivity index (χ1v) is 7.22. The van der Waals surface area contributed by atoms with Crippen molar-refractivity contribution in [1.82, 2.24) is 10.2 Å². The van der Waals surface area contributed by atoms with Gasteiger partial charge in [-0.05, 0) is 25.0 Å². The maximum absolute atomic E-state index is 12.4. The molecule has 1 aliphatic heterocycles. The Balaban J connectivity index is 0.00000155. The van der Waals surface area contributed by atoms with Crippen LogP contribution >= 0.6 is 0 Å². The van der Waals surface area contributed by atoms with Crippen molar-refractivity contribution in [2.45, 2.75) is 47.1 Å². The van der Waals surface area contributed by atoms with Gasteiger partial charge in [0.05, 0.1) is 0 Å². The van der Waals surface area contributed by atoms with E-state index in [1.807, 2.05) is 13.8 Å². The number of hydrogen-bond acceptors (Lipinski definition) is 4. The second kappa shape index (κ2) is 9.50. The Labute approximate surface area is 136 Å². The first-order valence-electron chi connectivity index (χ1n) is 7.22. The molecule has 1 N–H and O–H groups in total. The zero-order valence-corrected chi connectivity index (χ0v) is 13.0. The molecule has 0 saturated carbocycles. The van der Waals surface area contributed by atoms with Crippen molar-refractivity contribution < 1.29 is 19.2 Å². The molecule has 0 bridgehead atoms. The first-order chi connectivity index (χ1) is 10.5. The van der Waals surface area contributed by atoms with E-state index in [1.165, 1.54) is 0 Å². The minimum absolute atomic E-state index is 0. The lowest BCUT2D eigenvalue weighted by Crippen LogP contribution is -2.53. The molecule has 1 aromatic rings. The third-order valence-corrected chi connectivity index (χ3v) is 3.27. The smallest absolute Gasteiger partial charge is 0.261 e. The van der Waals surface area contributed by atoms with Gasteiger partial charge in [0.25, 0.3) is 5.91 Å². The molecule has 1 fully saturated rings. The molecule has 2 rings (SSSR count). The van der Waals surface area contributed by atoms with Crippen molar-refractivity contribution in [3.63, 3.8) is 0 Å². The van der Waals surface area contributed by atoms with E-state index in [1.54, 1.807) is 31.2 Å². The van der Waals surface area contributed by atoms with Crippen LogP contribution in [0.2, 0.25) is 0 Å². The Morgan fingerprint density at radius 2 is 1.87 bits per heavy atom. The van der Waals surface area contributed by atoms with Crippen molar-refractivity contribution in [2.75, 3.05) is 0 Å². The SMILES string of the molecule is C.CC.Cc1ccccc1C(=O)N(C=O)C1CCC(=O)NC1=O. The van der Waals surface area contributed by atoms with Crippen LogP contribution in [0.5, 0.6) is 0 Å². The lowest BCUT2D eigenvalue weighted by atomic mass is 10.0. The van der Waals surface area contributed by atoms with Crippen LogP contribution in [0.4, 0.5) is 0 Å². The molecule has 1 saturated heterocycles. The Bertz CT molecular complexity index is 584. The number of aryl methyl sites for hydroxylation is 1. The van der Waals surface area contributed by atoms with Crippen molar-refractivity contribution in [1.29, 1.82) is 0 Å². The molecule has 1 aromatic carbocycles. The summed E-state index contributed by atoms with van der Waals surface area (Å²) in [5.41, 5.74) is 1.08. The molecule has 0 spiro atoms. The molecule has 6 heteroatoms. The van der Waals surface area contributed by atoms with Gasteiger partial charge in [0, 0.05) is 12.0 Å². The maximum atomic E-state index is 12.4. The van der Waals surface area contributed by atoms with Crippen LogP contribution in [0.15, 0.2) is 24.3 Å². The Kier molecular flexibility index (Phi) is 8.47. The number of rotatable bonds is 3. The van der Waals surface area contributed by atoms with E-state index in [2.05, 4.69) is 5.32 Å². The van der Waals surface area contributed by atoms with Gasteiger partial charge in [-0.3, -0.25) is 29.4 Å². The summed E-state index contributed by atoms with van der Waals surface area (Å²) < 4.78 is 0. The van der Waals surface area contributed by atoms with Gasteiger partial charge in [0.1, 0.15) is 6.04 Å². The van der Waals surface area contributed by atoms with Crippen molar-refractivity contribution in [2.24, 2.45) is 0 Å². The number of imide groups is 2. The van der Waals surface area contributed by atoms with Crippen LogP contribution < -0.4 is 5.32 Å². The number of benzene rings is 1. The average molecular weight is 320 g/mol. The Morgan fingerprint density at radius 3 is 2.39 bits per heavy atom. The van der Waals surface area contributed by atoms with Crippen LogP contribution in [0.3, 0.4) is 0 Å². The van der Waals surface area contributed by atoms with Crippen LogP contribution in [0.25, 0.3) is 0 Å². The van der Waals surface area contributed by atoms with Crippen LogP contribution in [0, 0.1) is 6.92 Å². The maximum Gasteiger partial charge on any atom is 0.261 e. The number of carbonyl (C=O) groups is 4. The minimum Gasteiger partial charge on any atom is -0.295 e. The lowest BCUT2D eigenvalue weighted by molar-refractivity contribution is -0.139. The normalized spacial score (nSPS) is 16.2. The fourth-order valence-corrected chi connectivity index (χ4v) is 2.16. The summed E-state index contributed by atoms with van der Waals surface area (Å²) in [4.78, 5) is 47.2. The number of amides is 4.